The number of carbonyl (C=O) groups excluding carboxylic acids is 4. The lowest BCUT2D eigenvalue weighted by molar-refractivity contribution is -0.270. The largest absolute Gasteiger partial charge is 0.463 e. The lowest BCUT2D eigenvalue weighted by Crippen LogP contribution is -2.61. The fourth-order valence-corrected chi connectivity index (χ4v) is 5.75. The maximum absolute atomic E-state index is 12.2. The van der Waals surface area contributed by atoms with Gasteiger partial charge in [-0.05, 0) is 17.7 Å². The van der Waals surface area contributed by atoms with Crippen LogP contribution in [0.5, 0.6) is 0 Å². The zero-order valence-corrected chi connectivity index (χ0v) is 24.4. The van der Waals surface area contributed by atoms with Crippen LogP contribution >= 0.6 is 11.8 Å². The van der Waals surface area contributed by atoms with Crippen LogP contribution < -0.4 is 0 Å². The van der Waals surface area contributed by atoms with Gasteiger partial charge in [-0.25, -0.2) is 0 Å². The predicted molar refractivity (Wildman–Crippen MR) is 144 cm³/mol. The normalized spacial score (nSPS) is 29.3. The van der Waals surface area contributed by atoms with Crippen molar-refractivity contribution in [2.24, 2.45) is 0 Å². The predicted octanol–water partition coefficient (Wildman–Crippen LogP) is 2.32. The Morgan fingerprint density at radius 1 is 0.780 bits per heavy atom. The fourth-order valence-electron chi connectivity index (χ4n) is 4.37. The lowest BCUT2D eigenvalue weighted by atomic mass is 10.0. The highest BCUT2D eigenvalue weighted by molar-refractivity contribution is 8.00. The van der Waals surface area contributed by atoms with Crippen molar-refractivity contribution in [3.05, 3.63) is 48.0 Å². The Labute approximate surface area is 242 Å². The van der Waals surface area contributed by atoms with Crippen molar-refractivity contribution in [1.82, 2.24) is 0 Å². The van der Waals surface area contributed by atoms with Crippen molar-refractivity contribution in [2.75, 3.05) is 20.3 Å². The van der Waals surface area contributed by atoms with Crippen molar-refractivity contribution in [3.63, 3.8) is 0 Å². The van der Waals surface area contributed by atoms with E-state index in [1.165, 1.54) is 46.6 Å². The summed E-state index contributed by atoms with van der Waals surface area (Å²) in [6, 6.07) is 9.55. The molecule has 13 heteroatoms. The van der Waals surface area contributed by atoms with E-state index in [1.807, 2.05) is 30.3 Å². The zero-order valence-electron chi connectivity index (χ0n) is 23.6. The summed E-state index contributed by atoms with van der Waals surface area (Å²) in [5.41, 5.74) is 0.274. The fraction of sp³-hybridized carbons (Fsp3) is 0.571. The van der Waals surface area contributed by atoms with Crippen molar-refractivity contribution < 1.29 is 57.1 Å². The molecule has 0 amide bonds. The SMILES string of the molecule is CO[C@H]1O[C@H](COCc2ccccc2)[C@@H](S[C@@H]2C=C[C@H](OC(C)=O)[C@@H](COC(C)=O)O2)[C@H](OC(C)=O)[C@H]1OC(C)=O. The summed E-state index contributed by atoms with van der Waals surface area (Å²) in [5.74, 6) is -2.25. The number of thioether (sulfide) groups is 1. The third-order valence-corrected chi connectivity index (χ3v) is 7.42. The molecule has 0 saturated carbocycles. The Hall–Kier alpha value is -2.97. The van der Waals surface area contributed by atoms with E-state index in [0.29, 0.717) is 6.61 Å². The van der Waals surface area contributed by atoms with E-state index in [1.54, 1.807) is 12.2 Å². The average molecular weight is 597 g/mol. The van der Waals surface area contributed by atoms with Crippen LogP contribution in [0.2, 0.25) is 0 Å². The van der Waals surface area contributed by atoms with E-state index >= 15 is 0 Å². The Balaban J connectivity index is 1.87. The van der Waals surface area contributed by atoms with Crippen molar-refractivity contribution in [3.8, 4) is 0 Å². The van der Waals surface area contributed by atoms with Gasteiger partial charge in [0.15, 0.2) is 18.5 Å². The van der Waals surface area contributed by atoms with Gasteiger partial charge >= 0.3 is 23.9 Å². The summed E-state index contributed by atoms with van der Waals surface area (Å²) in [6.07, 6.45) is -2.08. The molecule has 0 spiro atoms. The molecule has 2 heterocycles. The molecule has 0 N–H and O–H groups in total. The van der Waals surface area contributed by atoms with Crippen molar-refractivity contribution in [2.45, 2.75) is 81.8 Å². The van der Waals surface area contributed by atoms with Gasteiger partial charge in [-0.3, -0.25) is 19.2 Å². The minimum absolute atomic E-state index is 0.0837. The molecule has 1 fully saturated rings. The summed E-state index contributed by atoms with van der Waals surface area (Å²) in [5, 5.41) is -0.667. The van der Waals surface area contributed by atoms with E-state index < -0.39 is 71.4 Å². The van der Waals surface area contributed by atoms with Crippen molar-refractivity contribution in [1.29, 1.82) is 0 Å². The van der Waals surface area contributed by atoms with Gasteiger partial charge in [0.05, 0.1) is 24.6 Å². The molecule has 2 aliphatic heterocycles. The zero-order chi connectivity index (χ0) is 29.9. The maximum Gasteiger partial charge on any atom is 0.303 e. The van der Waals surface area contributed by atoms with E-state index in [9.17, 15) is 19.2 Å². The van der Waals surface area contributed by atoms with Gasteiger partial charge in [-0.15, -0.1) is 11.8 Å². The van der Waals surface area contributed by atoms with Gasteiger partial charge in [0.1, 0.15) is 24.3 Å². The first-order valence-electron chi connectivity index (χ1n) is 13.0. The second kappa shape index (κ2) is 15.9. The van der Waals surface area contributed by atoms with E-state index in [4.69, 9.17) is 37.9 Å². The molecule has 8 atom stereocenters. The smallest absolute Gasteiger partial charge is 0.303 e. The van der Waals surface area contributed by atoms with Gasteiger partial charge in [0, 0.05) is 34.8 Å². The average Bonchev–Trinajstić information content (AvgIpc) is 2.91. The molecular weight excluding hydrogens is 560 g/mol. The number of esters is 4. The van der Waals surface area contributed by atoms with Crippen LogP contribution in [0, 0.1) is 0 Å². The highest BCUT2D eigenvalue weighted by atomic mass is 32.2. The quantitative estimate of drug-likeness (QED) is 0.198. The summed E-state index contributed by atoms with van der Waals surface area (Å²) >= 11 is 1.23. The number of hydrogen-bond acceptors (Lipinski definition) is 13. The molecule has 1 aromatic rings. The molecular formula is C28H36O12S. The minimum atomic E-state index is -1.08. The first kappa shape index (κ1) is 32.5. The molecule has 0 aromatic heterocycles. The molecule has 0 unspecified atom stereocenters. The molecule has 3 rings (SSSR count). The Morgan fingerprint density at radius 2 is 1.44 bits per heavy atom. The summed E-state index contributed by atoms with van der Waals surface area (Å²) in [6.45, 7) is 5.24. The number of methoxy groups -OCH3 is 1. The molecule has 12 nitrogen and oxygen atoms in total. The van der Waals surface area contributed by atoms with Crippen LogP contribution in [0.25, 0.3) is 0 Å². The Kier molecular flexibility index (Phi) is 12.6. The lowest BCUT2D eigenvalue weighted by Gasteiger charge is -2.45. The number of ether oxygens (including phenoxy) is 8. The minimum Gasteiger partial charge on any atom is -0.463 e. The summed E-state index contributed by atoms with van der Waals surface area (Å²) in [7, 11) is 1.39. The van der Waals surface area contributed by atoms with Crippen molar-refractivity contribution >= 4 is 35.6 Å². The number of benzene rings is 1. The molecule has 0 aliphatic carbocycles. The molecule has 226 valence electrons. The standard InChI is InChI=1S/C28H36O12S/c1-16(29)35-15-22-21(36-17(2)30)11-12-24(39-22)41-27-23(14-34-13-20-9-7-6-8-10-20)40-28(33-5)26(38-19(4)32)25(27)37-18(3)31/h6-12,21-28H,13-15H2,1-5H3/t21-,22+,23+,24+,25+,26+,27+,28-/m0/s1. The summed E-state index contributed by atoms with van der Waals surface area (Å²) < 4.78 is 45.4. The highest BCUT2D eigenvalue weighted by Crippen LogP contribution is 2.38. The van der Waals surface area contributed by atoms with Gasteiger partial charge in [0.2, 0.25) is 0 Å². The van der Waals surface area contributed by atoms with Crippen LogP contribution in [-0.4, -0.2) is 91.7 Å². The third kappa shape index (κ3) is 10.1. The van der Waals surface area contributed by atoms with Crippen LogP contribution in [0.15, 0.2) is 42.5 Å². The second-order valence-corrected chi connectivity index (χ2v) is 10.6. The maximum atomic E-state index is 12.2. The molecule has 1 aromatic carbocycles. The monoisotopic (exact) mass is 596 g/mol. The Bertz CT molecular complexity index is 1060. The van der Waals surface area contributed by atoms with Gasteiger partial charge in [-0.2, -0.15) is 0 Å². The topological polar surface area (TPSA) is 142 Å². The second-order valence-electron chi connectivity index (χ2n) is 9.33. The van der Waals surface area contributed by atoms with Gasteiger partial charge in [0.25, 0.3) is 0 Å². The van der Waals surface area contributed by atoms with Gasteiger partial charge < -0.3 is 37.9 Å². The van der Waals surface area contributed by atoms with Crippen LogP contribution in [0.1, 0.15) is 33.3 Å². The highest BCUT2D eigenvalue weighted by Gasteiger charge is 2.51. The molecule has 1 saturated heterocycles. The van der Waals surface area contributed by atoms with E-state index in [2.05, 4.69) is 0 Å². The first-order valence-corrected chi connectivity index (χ1v) is 14.0. The third-order valence-electron chi connectivity index (χ3n) is 6.00. The van der Waals surface area contributed by atoms with Crippen LogP contribution in [0.3, 0.4) is 0 Å². The molecule has 0 radical (unpaired) electrons. The first-order chi connectivity index (χ1) is 19.6. The summed E-state index contributed by atoms with van der Waals surface area (Å²) in [4.78, 5) is 47.2. The molecule has 41 heavy (non-hydrogen) atoms. The number of carbonyl (C=O) groups is 4. The molecule has 0 bridgehead atoms. The van der Waals surface area contributed by atoms with Crippen LogP contribution in [-0.2, 0) is 63.7 Å². The van der Waals surface area contributed by atoms with E-state index in [0.717, 1.165) is 5.56 Å². The number of rotatable bonds is 12. The van der Waals surface area contributed by atoms with E-state index in [-0.39, 0.29) is 13.2 Å². The number of hydrogen-bond donors (Lipinski definition) is 0. The van der Waals surface area contributed by atoms with Crippen LogP contribution in [0.4, 0.5) is 0 Å². The molecule has 2 aliphatic rings. The Morgan fingerprint density at radius 3 is 2.05 bits per heavy atom. The van der Waals surface area contributed by atoms with Gasteiger partial charge in [-0.1, -0.05) is 30.3 Å².